The summed E-state index contributed by atoms with van der Waals surface area (Å²) in [6.45, 7) is 0.591. The summed E-state index contributed by atoms with van der Waals surface area (Å²) in [6.07, 6.45) is 4.15. The molecule has 2 aromatic heterocycles. The van der Waals surface area contributed by atoms with Crippen molar-refractivity contribution in [2.24, 2.45) is 0 Å². The molecule has 1 amide bonds. The number of aromatic nitrogens is 3. The smallest absolute Gasteiger partial charge is 0.251 e. The normalized spacial score (nSPS) is 10.7. The van der Waals surface area contributed by atoms with Gasteiger partial charge >= 0.3 is 0 Å². The van der Waals surface area contributed by atoms with E-state index < -0.39 is 0 Å². The van der Waals surface area contributed by atoms with Crippen LogP contribution in [0.3, 0.4) is 0 Å². The molecule has 1 aromatic carbocycles. The fourth-order valence-electron chi connectivity index (χ4n) is 1.84. The Morgan fingerprint density at radius 2 is 2.32 bits per heavy atom. The van der Waals surface area contributed by atoms with E-state index in [1.54, 1.807) is 36.0 Å². The van der Waals surface area contributed by atoms with Gasteiger partial charge in [-0.2, -0.15) is 0 Å². The van der Waals surface area contributed by atoms with Crippen LogP contribution in [-0.2, 0) is 6.42 Å². The number of fused-ring (bicyclic) bond motifs is 1. The Kier molecular flexibility index (Phi) is 3.24. The molecule has 0 aliphatic heterocycles. The van der Waals surface area contributed by atoms with Crippen molar-refractivity contribution >= 4 is 28.3 Å². The van der Waals surface area contributed by atoms with Crippen molar-refractivity contribution in [3.8, 4) is 0 Å². The van der Waals surface area contributed by atoms with Crippen molar-refractivity contribution in [1.29, 1.82) is 0 Å². The molecule has 0 unspecified atom stereocenters. The highest BCUT2D eigenvalue weighted by atomic mass is 32.1. The molecule has 3 aromatic rings. The van der Waals surface area contributed by atoms with E-state index >= 15 is 0 Å². The van der Waals surface area contributed by atoms with Crippen LogP contribution in [0.25, 0.3) is 11.0 Å². The molecule has 2 N–H and O–H groups in total. The number of rotatable bonds is 4. The average molecular weight is 272 g/mol. The minimum absolute atomic E-state index is 0.0759. The summed E-state index contributed by atoms with van der Waals surface area (Å²) in [6, 6.07) is 5.42. The molecule has 0 saturated heterocycles. The van der Waals surface area contributed by atoms with Gasteiger partial charge in [0.15, 0.2) is 0 Å². The first kappa shape index (κ1) is 11.9. The summed E-state index contributed by atoms with van der Waals surface area (Å²) in [7, 11) is 0. The Labute approximate surface area is 113 Å². The van der Waals surface area contributed by atoms with Gasteiger partial charge in [-0.3, -0.25) is 4.79 Å². The maximum absolute atomic E-state index is 12.0. The SMILES string of the molecule is O=C(NCCc1nccs1)c1ccc2nc[nH]c2c1. The molecule has 0 fully saturated rings. The van der Waals surface area contributed by atoms with E-state index in [9.17, 15) is 4.79 Å². The number of benzene rings is 1. The van der Waals surface area contributed by atoms with Gasteiger partial charge < -0.3 is 10.3 Å². The van der Waals surface area contributed by atoms with Gasteiger partial charge in [0, 0.05) is 30.1 Å². The van der Waals surface area contributed by atoms with Gasteiger partial charge in [0.05, 0.1) is 22.4 Å². The van der Waals surface area contributed by atoms with Crippen LogP contribution in [0.15, 0.2) is 36.1 Å². The second kappa shape index (κ2) is 5.19. The highest BCUT2D eigenvalue weighted by molar-refractivity contribution is 7.09. The highest BCUT2D eigenvalue weighted by Crippen LogP contribution is 2.11. The van der Waals surface area contributed by atoms with Gasteiger partial charge in [-0.15, -0.1) is 11.3 Å². The Balaban J connectivity index is 1.63. The zero-order valence-corrected chi connectivity index (χ0v) is 10.9. The van der Waals surface area contributed by atoms with E-state index in [1.807, 2.05) is 11.4 Å². The lowest BCUT2D eigenvalue weighted by molar-refractivity contribution is 0.0954. The average Bonchev–Trinajstić information content (AvgIpc) is 3.08. The van der Waals surface area contributed by atoms with E-state index in [0.717, 1.165) is 22.5 Å². The third-order valence-corrected chi connectivity index (χ3v) is 3.63. The summed E-state index contributed by atoms with van der Waals surface area (Å²) in [4.78, 5) is 23.3. The molecular formula is C13H12N4OS. The van der Waals surface area contributed by atoms with Crippen LogP contribution in [0, 0.1) is 0 Å². The van der Waals surface area contributed by atoms with Gasteiger partial charge in [0.2, 0.25) is 0 Å². The largest absolute Gasteiger partial charge is 0.352 e. The summed E-state index contributed by atoms with van der Waals surface area (Å²) in [5.74, 6) is -0.0759. The highest BCUT2D eigenvalue weighted by Gasteiger charge is 2.07. The molecule has 0 bridgehead atoms. The van der Waals surface area contributed by atoms with E-state index in [1.165, 1.54) is 0 Å². The monoisotopic (exact) mass is 272 g/mol. The Morgan fingerprint density at radius 1 is 1.37 bits per heavy atom. The molecule has 0 saturated carbocycles. The van der Waals surface area contributed by atoms with Crippen LogP contribution in [0.5, 0.6) is 0 Å². The molecule has 0 radical (unpaired) electrons. The first-order valence-electron chi connectivity index (χ1n) is 5.92. The molecule has 5 nitrogen and oxygen atoms in total. The van der Waals surface area contributed by atoms with Gasteiger partial charge in [0.25, 0.3) is 5.91 Å². The molecule has 96 valence electrons. The zero-order chi connectivity index (χ0) is 13.1. The maximum Gasteiger partial charge on any atom is 0.251 e. The number of carbonyl (C=O) groups excluding carboxylic acids is 1. The quantitative estimate of drug-likeness (QED) is 0.763. The number of hydrogen-bond donors (Lipinski definition) is 2. The number of thiazole rings is 1. The van der Waals surface area contributed by atoms with Gasteiger partial charge in [-0.1, -0.05) is 0 Å². The number of hydrogen-bond acceptors (Lipinski definition) is 4. The van der Waals surface area contributed by atoms with Crippen molar-refractivity contribution < 1.29 is 4.79 Å². The van der Waals surface area contributed by atoms with Crippen LogP contribution in [0.1, 0.15) is 15.4 Å². The lowest BCUT2D eigenvalue weighted by Crippen LogP contribution is -2.25. The topological polar surface area (TPSA) is 70.7 Å². The molecule has 0 aliphatic rings. The summed E-state index contributed by atoms with van der Waals surface area (Å²) < 4.78 is 0. The number of imidazole rings is 1. The van der Waals surface area contributed by atoms with Crippen molar-refractivity contribution in [3.63, 3.8) is 0 Å². The van der Waals surface area contributed by atoms with Crippen LogP contribution >= 0.6 is 11.3 Å². The zero-order valence-electron chi connectivity index (χ0n) is 10.1. The Morgan fingerprint density at radius 3 is 3.16 bits per heavy atom. The fourth-order valence-corrected chi connectivity index (χ4v) is 2.46. The third kappa shape index (κ3) is 2.63. The Hall–Kier alpha value is -2.21. The van der Waals surface area contributed by atoms with Crippen molar-refractivity contribution in [2.45, 2.75) is 6.42 Å². The second-order valence-corrected chi connectivity index (χ2v) is 5.05. The molecule has 6 heteroatoms. The summed E-state index contributed by atoms with van der Waals surface area (Å²) >= 11 is 1.60. The molecule has 0 aliphatic carbocycles. The number of H-pyrrole nitrogens is 1. The molecular weight excluding hydrogens is 260 g/mol. The minimum Gasteiger partial charge on any atom is -0.352 e. The number of carbonyl (C=O) groups is 1. The Bertz CT molecular complexity index is 690. The summed E-state index contributed by atoms with van der Waals surface area (Å²) in [5.41, 5.74) is 2.36. The standard InChI is InChI=1S/C13H12N4OS/c18-13(15-4-3-12-14-5-6-19-12)9-1-2-10-11(7-9)17-8-16-10/h1-2,5-8H,3-4H2,(H,15,18)(H,16,17). The molecule has 3 rings (SSSR count). The van der Waals surface area contributed by atoms with Crippen LogP contribution < -0.4 is 5.32 Å². The van der Waals surface area contributed by atoms with E-state index in [0.29, 0.717) is 12.1 Å². The molecule has 0 atom stereocenters. The van der Waals surface area contributed by atoms with Crippen LogP contribution in [0.4, 0.5) is 0 Å². The number of amides is 1. The fraction of sp³-hybridized carbons (Fsp3) is 0.154. The van der Waals surface area contributed by atoms with Crippen LogP contribution in [-0.4, -0.2) is 27.4 Å². The van der Waals surface area contributed by atoms with Crippen molar-refractivity contribution in [1.82, 2.24) is 20.3 Å². The lowest BCUT2D eigenvalue weighted by Gasteiger charge is -2.03. The van der Waals surface area contributed by atoms with E-state index in [-0.39, 0.29) is 5.91 Å². The van der Waals surface area contributed by atoms with Crippen LogP contribution in [0.2, 0.25) is 0 Å². The van der Waals surface area contributed by atoms with Gasteiger partial charge in [-0.05, 0) is 18.2 Å². The van der Waals surface area contributed by atoms with Crippen molar-refractivity contribution in [2.75, 3.05) is 6.54 Å². The maximum atomic E-state index is 12.0. The van der Waals surface area contributed by atoms with Gasteiger partial charge in [0.1, 0.15) is 0 Å². The van der Waals surface area contributed by atoms with Crippen molar-refractivity contribution in [3.05, 3.63) is 46.7 Å². The second-order valence-electron chi connectivity index (χ2n) is 4.07. The summed E-state index contributed by atoms with van der Waals surface area (Å²) in [5, 5.41) is 5.85. The van der Waals surface area contributed by atoms with Gasteiger partial charge in [-0.25, -0.2) is 9.97 Å². The number of nitrogens with zero attached hydrogens (tertiary/aromatic N) is 2. The number of nitrogens with one attached hydrogen (secondary N) is 2. The minimum atomic E-state index is -0.0759. The first-order chi connectivity index (χ1) is 9.33. The number of aromatic amines is 1. The predicted molar refractivity (Wildman–Crippen MR) is 74.2 cm³/mol. The lowest BCUT2D eigenvalue weighted by atomic mass is 10.2. The molecule has 19 heavy (non-hydrogen) atoms. The van der Waals surface area contributed by atoms with E-state index in [4.69, 9.17) is 0 Å². The molecule has 2 heterocycles. The molecule has 0 spiro atoms. The predicted octanol–water partition coefficient (Wildman–Crippen LogP) is 1.99. The van der Waals surface area contributed by atoms with E-state index in [2.05, 4.69) is 20.3 Å². The third-order valence-electron chi connectivity index (χ3n) is 2.79. The first-order valence-corrected chi connectivity index (χ1v) is 6.80.